The molecule has 0 bridgehead atoms. The van der Waals surface area contributed by atoms with E-state index in [1.807, 2.05) is 24.3 Å². The molecule has 0 heterocycles. The first-order chi connectivity index (χ1) is 12.1. The summed E-state index contributed by atoms with van der Waals surface area (Å²) in [6.45, 7) is 5.63. The van der Waals surface area contributed by atoms with Gasteiger partial charge < -0.3 is 10.1 Å². The van der Waals surface area contributed by atoms with Gasteiger partial charge in [-0.1, -0.05) is 57.9 Å². The normalized spacial score (nSPS) is 10.5. The number of benzene rings is 3. The monoisotopic (exact) mass is 395 g/mol. The number of nitrogens with one attached hydrogen (secondary N) is 1. The van der Waals surface area contributed by atoms with Crippen LogP contribution < -0.4 is 10.1 Å². The number of halogens is 1. The predicted octanol–water partition coefficient (Wildman–Crippen LogP) is 6.26. The van der Waals surface area contributed by atoms with Crippen LogP contribution in [0.1, 0.15) is 22.3 Å². The first kappa shape index (κ1) is 17.6. The Balaban J connectivity index is 1.54. The fourth-order valence-electron chi connectivity index (χ4n) is 2.66. The highest BCUT2D eigenvalue weighted by Crippen LogP contribution is 2.19. The van der Waals surface area contributed by atoms with Gasteiger partial charge in [-0.2, -0.15) is 0 Å². The summed E-state index contributed by atoms with van der Waals surface area (Å²) in [6, 6.07) is 22.9. The van der Waals surface area contributed by atoms with E-state index in [0.717, 1.165) is 22.3 Å². The van der Waals surface area contributed by atoms with E-state index in [-0.39, 0.29) is 0 Å². The van der Waals surface area contributed by atoms with Crippen LogP contribution in [0.15, 0.2) is 71.2 Å². The lowest BCUT2D eigenvalue weighted by Crippen LogP contribution is -2.01. The first-order valence-corrected chi connectivity index (χ1v) is 9.17. The van der Waals surface area contributed by atoms with Crippen molar-refractivity contribution < 1.29 is 4.74 Å². The zero-order valence-electron chi connectivity index (χ0n) is 14.6. The molecule has 3 aromatic carbocycles. The van der Waals surface area contributed by atoms with E-state index in [0.29, 0.717) is 6.61 Å². The molecule has 25 heavy (non-hydrogen) atoms. The van der Waals surface area contributed by atoms with Crippen molar-refractivity contribution in [3.8, 4) is 5.75 Å². The average molecular weight is 396 g/mol. The summed E-state index contributed by atoms with van der Waals surface area (Å²) in [5.41, 5.74) is 6.13. The molecular formula is C22H22BrNO. The lowest BCUT2D eigenvalue weighted by molar-refractivity contribution is 0.306. The van der Waals surface area contributed by atoms with Crippen molar-refractivity contribution in [1.29, 1.82) is 0 Å². The van der Waals surface area contributed by atoms with Gasteiger partial charge in [0, 0.05) is 16.7 Å². The van der Waals surface area contributed by atoms with E-state index in [4.69, 9.17) is 4.74 Å². The summed E-state index contributed by atoms with van der Waals surface area (Å²) >= 11 is 3.44. The number of aryl methyl sites for hydroxylation is 2. The molecule has 0 spiro atoms. The van der Waals surface area contributed by atoms with Crippen molar-refractivity contribution in [3.63, 3.8) is 0 Å². The molecule has 0 unspecified atom stereocenters. The second-order valence-electron chi connectivity index (χ2n) is 6.23. The Labute approximate surface area is 158 Å². The molecule has 0 fully saturated rings. The summed E-state index contributed by atoms with van der Waals surface area (Å²) in [5.74, 6) is 0.887. The van der Waals surface area contributed by atoms with Gasteiger partial charge in [0.15, 0.2) is 0 Å². The summed E-state index contributed by atoms with van der Waals surface area (Å²) in [4.78, 5) is 0. The molecule has 0 saturated heterocycles. The zero-order valence-corrected chi connectivity index (χ0v) is 16.1. The van der Waals surface area contributed by atoms with Crippen molar-refractivity contribution in [1.82, 2.24) is 0 Å². The molecule has 0 atom stereocenters. The largest absolute Gasteiger partial charge is 0.489 e. The van der Waals surface area contributed by atoms with E-state index in [9.17, 15) is 0 Å². The molecule has 0 aliphatic rings. The van der Waals surface area contributed by atoms with Gasteiger partial charge >= 0.3 is 0 Å². The second kappa shape index (κ2) is 8.21. The number of ether oxygens (including phenoxy) is 1. The molecule has 0 aromatic heterocycles. The van der Waals surface area contributed by atoms with E-state index in [2.05, 4.69) is 77.6 Å². The highest BCUT2D eigenvalue weighted by atomic mass is 79.9. The van der Waals surface area contributed by atoms with Crippen molar-refractivity contribution in [2.45, 2.75) is 27.0 Å². The summed E-state index contributed by atoms with van der Waals surface area (Å²) < 4.78 is 6.93. The first-order valence-electron chi connectivity index (χ1n) is 8.37. The fourth-order valence-corrected chi connectivity index (χ4v) is 2.92. The molecule has 3 heteroatoms. The molecule has 0 amide bonds. The Bertz CT molecular complexity index is 826. The van der Waals surface area contributed by atoms with Crippen LogP contribution in [0.3, 0.4) is 0 Å². The topological polar surface area (TPSA) is 21.3 Å². The highest BCUT2D eigenvalue weighted by molar-refractivity contribution is 9.10. The number of hydrogen-bond donors (Lipinski definition) is 1. The van der Waals surface area contributed by atoms with Crippen LogP contribution in [0.2, 0.25) is 0 Å². The Kier molecular flexibility index (Phi) is 5.77. The molecule has 0 saturated carbocycles. The van der Waals surface area contributed by atoms with Crippen LogP contribution in [0.25, 0.3) is 0 Å². The van der Waals surface area contributed by atoms with Crippen LogP contribution in [0, 0.1) is 13.8 Å². The van der Waals surface area contributed by atoms with Gasteiger partial charge in [0.2, 0.25) is 0 Å². The molecular weight excluding hydrogens is 374 g/mol. The van der Waals surface area contributed by atoms with Crippen LogP contribution in [-0.2, 0) is 13.2 Å². The Morgan fingerprint density at radius 2 is 1.52 bits per heavy atom. The number of rotatable bonds is 6. The molecule has 128 valence electrons. The van der Waals surface area contributed by atoms with Gasteiger partial charge in [-0.25, -0.2) is 0 Å². The number of hydrogen-bond acceptors (Lipinski definition) is 2. The molecule has 3 aromatic rings. The second-order valence-corrected chi connectivity index (χ2v) is 7.15. The van der Waals surface area contributed by atoms with Crippen LogP contribution in [0.4, 0.5) is 5.69 Å². The maximum absolute atomic E-state index is 5.85. The zero-order chi connectivity index (χ0) is 17.6. The van der Waals surface area contributed by atoms with Crippen LogP contribution in [-0.4, -0.2) is 0 Å². The SMILES string of the molecule is Cc1ccc(NCc2ccc(OCc3ccc(Br)cc3)cc2)c(C)c1. The van der Waals surface area contributed by atoms with Gasteiger partial charge in [0.05, 0.1) is 0 Å². The molecule has 0 radical (unpaired) electrons. The third-order valence-corrected chi connectivity index (χ3v) is 4.64. The third kappa shape index (κ3) is 5.10. The minimum absolute atomic E-state index is 0.577. The maximum atomic E-state index is 5.85. The van der Waals surface area contributed by atoms with Crippen molar-refractivity contribution in [2.24, 2.45) is 0 Å². The van der Waals surface area contributed by atoms with E-state index in [1.165, 1.54) is 22.4 Å². The van der Waals surface area contributed by atoms with Gasteiger partial charge in [0.25, 0.3) is 0 Å². The summed E-state index contributed by atoms with van der Waals surface area (Å²) in [7, 11) is 0. The molecule has 2 nitrogen and oxygen atoms in total. The molecule has 1 N–H and O–H groups in total. The summed E-state index contributed by atoms with van der Waals surface area (Å²) in [5, 5.41) is 3.49. The average Bonchev–Trinajstić information content (AvgIpc) is 2.61. The van der Waals surface area contributed by atoms with E-state index in [1.54, 1.807) is 0 Å². The van der Waals surface area contributed by atoms with Gasteiger partial charge in [-0.3, -0.25) is 0 Å². The van der Waals surface area contributed by atoms with E-state index < -0.39 is 0 Å². The molecule has 0 aliphatic carbocycles. The smallest absolute Gasteiger partial charge is 0.119 e. The predicted molar refractivity (Wildman–Crippen MR) is 108 cm³/mol. The van der Waals surface area contributed by atoms with Crippen molar-refractivity contribution in [2.75, 3.05) is 5.32 Å². The lowest BCUT2D eigenvalue weighted by atomic mass is 10.1. The minimum Gasteiger partial charge on any atom is -0.489 e. The third-order valence-electron chi connectivity index (χ3n) is 4.11. The molecule has 0 aliphatic heterocycles. The Morgan fingerprint density at radius 3 is 2.20 bits per heavy atom. The quantitative estimate of drug-likeness (QED) is 0.531. The standard InChI is InChI=1S/C22H22BrNO/c1-16-3-12-22(17(2)13-16)24-14-18-6-10-21(11-7-18)25-15-19-4-8-20(23)9-5-19/h3-13,24H,14-15H2,1-2H3. The summed E-state index contributed by atoms with van der Waals surface area (Å²) in [6.07, 6.45) is 0. The van der Waals surface area contributed by atoms with Gasteiger partial charge in [-0.05, 0) is 60.9 Å². The lowest BCUT2D eigenvalue weighted by Gasteiger charge is -2.11. The Morgan fingerprint density at radius 1 is 0.840 bits per heavy atom. The highest BCUT2D eigenvalue weighted by Gasteiger charge is 2.00. The van der Waals surface area contributed by atoms with Crippen LogP contribution >= 0.6 is 15.9 Å². The van der Waals surface area contributed by atoms with Gasteiger partial charge in [0.1, 0.15) is 12.4 Å². The molecule has 3 rings (SSSR count). The minimum atomic E-state index is 0.577. The Hall–Kier alpha value is -2.26. The van der Waals surface area contributed by atoms with Gasteiger partial charge in [-0.15, -0.1) is 0 Å². The van der Waals surface area contributed by atoms with Crippen molar-refractivity contribution in [3.05, 3.63) is 93.5 Å². The fraction of sp³-hybridized carbons (Fsp3) is 0.182. The maximum Gasteiger partial charge on any atom is 0.119 e. The van der Waals surface area contributed by atoms with E-state index >= 15 is 0 Å². The van der Waals surface area contributed by atoms with Crippen molar-refractivity contribution >= 4 is 21.6 Å². The number of anilines is 1. The van der Waals surface area contributed by atoms with Crippen LogP contribution in [0.5, 0.6) is 5.75 Å².